The van der Waals surface area contributed by atoms with Crippen molar-refractivity contribution >= 4 is 21.6 Å². The molecule has 1 unspecified atom stereocenters. The molecule has 2 aromatic carbocycles. The van der Waals surface area contributed by atoms with Crippen LogP contribution >= 0.6 is 0 Å². The molecule has 1 atom stereocenters. The van der Waals surface area contributed by atoms with Crippen molar-refractivity contribution in [1.82, 2.24) is 4.31 Å². The second-order valence-corrected chi connectivity index (χ2v) is 7.35. The first-order chi connectivity index (χ1) is 11.5. The fraction of sp³-hybridized carbons (Fsp3) is 0.235. The van der Waals surface area contributed by atoms with E-state index in [2.05, 4.69) is 5.32 Å². The summed E-state index contributed by atoms with van der Waals surface area (Å²) in [6, 6.07) is 15.4. The van der Waals surface area contributed by atoms with Crippen LogP contribution in [-0.4, -0.2) is 31.8 Å². The molecule has 1 amide bonds. The highest BCUT2D eigenvalue weighted by Gasteiger charge is 2.37. The van der Waals surface area contributed by atoms with Crippen molar-refractivity contribution in [3.63, 3.8) is 0 Å². The third kappa shape index (κ3) is 3.33. The standard InChI is InChI=1S/C17H18N2O4S/c1-13(20)18-15-7-9-16(10-8-15)24(21,22)19-11-12-23-17(19)14-5-3-2-4-6-14/h2-10,17H,11-12H2,1H3,(H,18,20). The number of nitrogens with zero attached hydrogens (tertiary/aromatic N) is 1. The van der Waals surface area contributed by atoms with Crippen LogP contribution in [0.1, 0.15) is 18.7 Å². The molecule has 1 fully saturated rings. The van der Waals surface area contributed by atoms with E-state index in [1.54, 1.807) is 12.1 Å². The summed E-state index contributed by atoms with van der Waals surface area (Å²) in [5.74, 6) is -0.206. The molecule has 126 valence electrons. The van der Waals surface area contributed by atoms with Crippen molar-refractivity contribution in [1.29, 1.82) is 0 Å². The molecule has 3 rings (SSSR count). The van der Waals surface area contributed by atoms with Crippen LogP contribution in [0.2, 0.25) is 0 Å². The molecule has 1 aliphatic rings. The molecule has 0 bridgehead atoms. The highest BCUT2D eigenvalue weighted by atomic mass is 32.2. The molecular formula is C17H18N2O4S. The number of benzene rings is 2. The van der Waals surface area contributed by atoms with Gasteiger partial charge in [0.15, 0.2) is 0 Å². The molecular weight excluding hydrogens is 328 g/mol. The van der Waals surface area contributed by atoms with Gasteiger partial charge in [-0.15, -0.1) is 0 Å². The number of rotatable bonds is 4. The van der Waals surface area contributed by atoms with Crippen molar-refractivity contribution in [2.24, 2.45) is 0 Å². The van der Waals surface area contributed by atoms with Gasteiger partial charge in [-0.1, -0.05) is 30.3 Å². The molecule has 2 aromatic rings. The van der Waals surface area contributed by atoms with Gasteiger partial charge in [0, 0.05) is 19.2 Å². The minimum atomic E-state index is -3.69. The number of ether oxygens (including phenoxy) is 1. The number of carbonyl (C=O) groups is 1. The van der Waals surface area contributed by atoms with Crippen LogP contribution in [0.25, 0.3) is 0 Å². The molecule has 0 aliphatic carbocycles. The summed E-state index contributed by atoms with van der Waals surface area (Å²) in [6.07, 6.45) is -0.619. The number of sulfonamides is 1. The molecule has 24 heavy (non-hydrogen) atoms. The van der Waals surface area contributed by atoms with E-state index in [-0.39, 0.29) is 10.8 Å². The van der Waals surface area contributed by atoms with E-state index in [0.717, 1.165) is 5.56 Å². The van der Waals surface area contributed by atoms with Crippen molar-refractivity contribution in [2.45, 2.75) is 18.0 Å². The van der Waals surface area contributed by atoms with Gasteiger partial charge >= 0.3 is 0 Å². The van der Waals surface area contributed by atoms with Crippen molar-refractivity contribution in [3.8, 4) is 0 Å². The highest BCUT2D eigenvalue weighted by molar-refractivity contribution is 7.89. The lowest BCUT2D eigenvalue weighted by Gasteiger charge is -2.23. The molecule has 6 nitrogen and oxygen atoms in total. The topological polar surface area (TPSA) is 75.7 Å². The fourth-order valence-corrected chi connectivity index (χ4v) is 4.13. The molecule has 0 spiro atoms. The zero-order chi connectivity index (χ0) is 17.2. The Balaban J connectivity index is 1.88. The van der Waals surface area contributed by atoms with Crippen molar-refractivity contribution in [3.05, 3.63) is 60.2 Å². The maximum Gasteiger partial charge on any atom is 0.245 e. The van der Waals surface area contributed by atoms with E-state index < -0.39 is 16.3 Å². The van der Waals surface area contributed by atoms with E-state index in [1.807, 2.05) is 30.3 Å². The van der Waals surface area contributed by atoms with Gasteiger partial charge in [-0.2, -0.15) is 4.31 Å². The average molecular weight is 346 g/mol. The molecule has 7 heteroatoms. The van der Waals surface area contributed by atoms with Gasteiger partial charge in [0.2, 0.25) is 15.9 Å². The lowest BCUT2D eigenvalue weighted by molar-refractivity contribution is -0.114. The Kier molecular flexibility index (Phi) is 4.66. The van der Waals surface area contributed by atoms with Crippen LogP contribution in [0.15, 0.2) is 59.5 Å². The van der Waals surface area contributed by atoms with Gasteiger partial charge in [0.1, 0.15) is 6.23 Å². The van der Waals surface area contributed by atoms with Crippen LogP contribution in [0.4, 0.5) is 5.69 Å². The van der Waals surface area contributed by atoms with Crippen LogP contribution < -0.4 is 5.32 Å². The summed E-state index contributed by atoms with van der Waals surface area (Å²) in [4.78, 5) is 11.2. The number of nitrogens with one attached hydrogen (secondary N) is 1. The average Bonchev–Trinajstić information content (AvgIpc) is 3.06. The fourth-order valence-electron chi connectivity index (χ4n) is 2.63. The van der Waals surface area contributed by atoms with E-state index in [1.165, 1.54) is 23.4 Å². The minimum absolute atomic E-state index is 0.169. The van der Waals surface area contributed by atoms with Gasteiger partial charge in [-0.3, -0.25) is 4.79 Å². The zero-order valence-electron chi connectivity index (χ0n) is 13.2. The molecule has 0 aromatic heterocycles. The summed E-state index contributed by atoms with van der Waals surface area (Å²) >= 11 is 0. The highest BCUT2D eigenvalue weighted by Crippen LogP contribution is 2.32. The van der Waals surface area contributed by atoms with Crippen molar-refractivity contribution < 1.29 is 17.9 Å². The Bertz CT molecular complexity index is 819. The number of hydrogen-bond acceptors (Lipinski definition) is 4. The van der Waals surface area contributed by atoms with E-state index >= 15 is 0 Å². The predicted molar refractivity (Wildman–Crippen MR) is 89.8 cm³/mol. The Morgan fingerprint density at radius 2 is 1.79 bits per heavy atom. The second-order valence-electron chi connectivity index (χ2n) is 5.46. The molecule has 1 saturated heterocycles. The van der Waals surface area contributed by atoms with E-state index in [9.17, 15) is 13.2 Å². The first-order valence-corrected chi connectivity index (χ1v) is 8.98. The quantitative estimate of drug-likeness (QED) is 0.922. The molecule has 0 radical (unpaired) electrons. The number of amides is 1. The second kappa shape index (κ2) is 6.72. The maximum absolute atomic E-state index is 12.9. The minimum Gasteiger partial charge on any atom is -0.356 e. The van der Waals surface area contributed by atoms with Gasteiger partial charge in [0.25, 0.3) is 0 Å². The number of anilines is 1. The van der Waals surface area contributed by atoms with Crippen LogP contribution in [0.3, 0.4) is 0 Å². The lowest BCUT2D eigenvalue weighted by atomic mass is 10.2. The van der Waals surface area contributed by atoms with Gasteiger partial charge in [-0.05, 0) is 29.8 Å². The summed E-state index contributed by atoms with van der Waals surface area (Å²) in [6.45, 7) is 2.05. The zero-order valence-corrected chi connectivity index (χ0v) is 14.0. The normalized spacial score (nSPS) is 18.5. The molecule has 1 aliphatic heterocycles. The Morgan fingerprint density at radius 1 is 1.12 bits per heavy atom. The predicted octanol–water partition coefficient (Wildman–Crippen LogP) is 2.36. The Morgan fingerprint density at radius 3 is 2.42 bits per heavy atom. The Labute approximate surface area is 141 Å². The van der Waals surface area contributed by atoms with E-state index in [0.29, 0.717) is 18.8 Å². The molecule has 1 heterocycles. The number of carbonyl (C=O) groups excluding carboxylic acids is 1. The monoisotopic (exact) mass is 346 g/mol. The Hall–Kier alpha value is -2.22. The maximum atomic E-state index is 12.9. The lowest BCUT2D eigenvalue weighted by Crippen LogP contribution is -2.31. The van der Waals surface area contributed by atoms with Crippen LogP contribution in [0, 0.1) is 0 Å². The summed E-state index contributed by atoms with van der Waals surface area (Å²) in [5.41, 5.74) is 1.35. The third-order valence-corrected chi connectivity index (χ3v) is 5.57. The van der Waals surface area contributed by atoms with Gasteiger partial charge in [0.05, 0.1) is 11.5 Å². The van der Waals surface area contributed by atoms with Gasteiger partial charge < -0.3 is 10.1 Å². The molecule has 0 saturated carbocycles. The third-order valence-electron chi connectivity index (χ3n) is 3.71. The largest absolute Gasteiger partial charge is 0.356 e. The van der Waals surface area contributed by atoms with Gasteiger partial charge in [-0.25, -0.2) is 8.42 Å². The summed E-state index contributed by atoms with van der Waals surface area (Å²) in [7, 11) is -3.69. The van der Waals surface area contributed by atoms with Crippen molar-refractivity contribution in [2.75, 3.05) is 18.5 Å². The smallest absolute Gasteiger partial charge is 0.245 e. The van der Waals surface area contributed by atoms with Crippen LogP contribution in [0.5, 0.6) is 0 Å². The SMILES string of the molecule is CC(=O)Nc1ccc(S(=O)(=O)N2CCOC2c2ccccc2)cc1. The first-order valence-electron chi connectivity index (χ1n) is 7.54. The first kappa shape index (κ1) is 16.6. The summed E-state index contributed by atoms with van der Waals surface area (Å²) < 4.78 is 32.8. The molecule has 1 N–H and O–H groups in total. The summed E-state index contributed by atoms with van der Waals surface area (Å²) in [5, 5.41) is 2.62. The number of hydrogen-bond donors (Lipinski definition) is 1. The van der Waals surface area contributed by atoms with E-state index in [4.69, 9.17) is 4.74 Å². The van der Waals surface area contributed by atoms with Crippen LogP contribution in [-0.2, 0) is 19.6 Å².